The highest BCUT2D eigenvalue weighted by molar-refractivity contribution is 5.98. The van der Waals surface area contributed by atoms with E-state index in [1.807, 2.05) is 31.2 Å². The number of ether oxygens (including phenoxy) is 1. The number of carbonyl (C=O) groups is 1. The third kappa shape index (κ3) is 1.93. The molecule has 0 radical (unpaired) electrons. The second-order valence-electron chi connectivity index (χ2n) is 4.22. The molecule has 1 aliphatic rings. The molecule has 4 heteroatoms. The van der Waals surface area contributed by atoms with E-state index in [0.717, 1.165) is 16.8 Å². The maximum Gasteiger partial charge on any atom is 0.251 e. The zero-order chi connectivity index (χ0) is 12.5. The van der Waals surface area contributed by atoms with Gasteiger partial charge >= 0.3 is 0 Å². The van der Waals surface area contributed by atoms with Gasteiger partial charge in [0.15, 0.2) is 0 Å². The number of nitrogens with zero attached hydrogens (tertiary/aromatic N) is 1. The van der Waals surface area contributed by atoms with Gasteiger partial charge in [0, 0.05) is 23.9 Å². The van der Waals surface area contributed by atoms with Crippen molar-refractivity contribution in [2.45, 2.75) is 13.5 Å². The number of carbonyl (C=O) groups excluding carboxylic acids is 1. The van der Waals surface area contributed by atoms with Crippen molar-refractivity contribution in [3.05, 3.63) is 53.2 Å². The Morgan fingerprint density at radius 3 is 3.00 bits per heavy atom. The predicted octanol–water partition coefficient (Wildman–Crippen LogP) is 2.43. The van der Waals surface area contributed by atoms with E-state index < -0.39 is 0 Å². The van der Waals surface area contributed by atoms with E-state index in [1.165, 1.54) is 0 Å². The van der Waals surface area contributed by atoms with Crippen LogP contribution < -0.4 is 10.1 Å². The van der Waals surface area contributed by atoms with Crippen LogP contribution in [0.3, 0.4) is 0 Å². The minimum atomic E-state index is -0.0229. The maximum absolute atomic E-state index is 11.4. The fourth-order valence-electron chi connectivity index (χ4n) is 1.97. The van der Waals surface area contributed by atoms with Crippen LogP contribution in [0.1, 0.15) is 21.6 Å². The van der Waals surface area contributed by atoms with Crippen LogP contribution in [-0.2, 0) is 6.54 Å². The molecule has 0 aliphatic carbocycles. The number of aryl methyl sites for hydroxylation is 1. The number of aromatic nitrogens is 1. The van der Waals surface area contributed by atoms with Crippen molar-refractivity contribution in [3.63, 3.8) is 0 Å². The first kappa shape index (κ1) is 10.8. The number of hydrogen-bond donors (Lipinski definition) is 1. The van der Waals surface area contributed by atoms with Crippen LogP contribution in [0.25, 0.3) is 0 Å². The number of pyridine rings is 1. The molecule has 0 saturated carbocycles. The first-order valence-corrected chi connectivity index (χ1v) is 5.75. The van der Waals surface area contributed by atoms with Gasteiger partial charge < -0.3 is 10.1 Å². The van der Waals surface area contributed by atoms with Crippen molar-refractivity contribution in [1.29, 1.82) is 0 Å². The first-order valence-electron chi connectivity index (χ1n) is 5.75. The average Bonchev–Trinajstić information content (AvgIpc) is 2.71. The van der Waals surface area contributed by atoms with E-state index in [1.54, 1.807) is 12.1 Å². The van der Waals surface area contributed by atoms with Gasteiger partial charge in [0.25, 0.3) is 5.91 Å². The summed E-state index contributed by atoms with van der Waals surface area (Å²) in [5.41, 5.74) is 2.59. The zero-order valence-corrected chi connectivity index (χ0v) is 9.93. The van der Waals surface area contributed by atoms with Gasteiger partial charge in [-0.2, -0.15) is 0 Å². The molecule has 0 spiro atoms. The summed E-state index contributed by atoms with van der Waals surface area (Å²) in [6.45, 7) is 2.48. The molecule has 90 valence electrons. The minimum absolute atomic E-state index is 0.0229. The Balaban J connectivity index is 1.88. The second kappa shape index (κ2) is 4.14. The van der Waals surface area contributed by atoms with Crippen LogP contribution >= 0.6 is 0 Å². The third-order valence-corrected chi connectivity index (χ3v) is 2.85. The van der Waals surface area contributed by atoms with Gasteiger partial charge in [0.2, 0.25) is 5.88 Å². The monoisotopic (exact) mass is 240 g/mol. The number of benzene rings is 1. The lowest BCUT2D eigenvalue weighted by Gasteiger charge is -2.06. The summed E-state index contributed by atoms with van der Waals surface area (Å²) in [5.74, 6) is 1.24. The number of hydrogen-bond acceptors (Lipinski definition) is 3. The number of fused-ring (bicyclic) bond motifs is 1. The largest absolute Gasteiger partial charge is 0.439 e. The van der Waals surface area contributed by atoms with Gasteiger partial charge in [-0.15, -0.1) is 0 Å². The molecule has 0 unspecified atom stereocenters. The van der Waals surface area contributed by atoms with Crippen molar-refractivity contribution < 1.29 is 9.53 Å². The Bertz CT molecular complexity index is 623. The average molecular weight is 240 g/mol. The quantitative estimate of drug-likeness (QED) is 0.877. The summed E-state index contributed by atoms with van der Waals surface area (Å²) in [4.78, 5) is 15.7. The molecule has 1 aromatic carbocycles. The molecular weight excluding hydrogens is 228 g/mol. The molecule has 1 N–H and O–H groups in total. The lowest BCUT2D eigenvalue weighted by atomic mass is 10.1. The van der Waals surface area contributed by atoms with E-state index in [-0.39, 0.29) is 5.91 Å². The highest BCUT2D eigenvalue weighted by Gasteiger charge is 2.18. The Hall–Kier alpha value is -2.36. The minimum Gasteiger partial charge on any atom is -0.439 e. The highest BCUT2D eigenvalue weighted by atomic mass is 16.5. The van der Waals surface area contributed by atoms with Gasteiger partial charge in [-0.25, -0.2) is 4.98 Å². The molecule has 3 rings (SSSR count). The van der Waals surface area contributed by atoms with Gasteiger partial charge in [-0.05, 0) is 36.8 Å². The van der Waals surface area contributed by atoms with E-state index >= 15 is 0 Å². The summed E-state index contributed by atoms with van der Waals surface area (Å²) in [6.07, 6.45) is 0. The second-order valence-corrected chi connectivity index (χ2v) is 4.22. The van der Waals surface area contributed by atoms with Gasteiger partial charge in [-0.3, -0.25) is 4.79 Å². The molecule has 1 amide bonds. The van der Waals surface area contributed by atoms with Gasteiger partial charge in [0.05, 0.1) is 0 Å². The molecule has 4 nitrogen and oxygen atoms in total. The van der Waals surface area contributed by atoms with E-state index in [0.29, 0.717) is 18.2 Å². The van der Waals surface area contributed by atoms with E-state index in [2.05, 4.69) is 10.3 Å². The molecule has 0 atom stereocenters. The lowest BCUT2D eigenvalue weighted by molar-refractivity contribution is 0.0966. The zero-order valence-electron chi connectivity index (χ0n) is 9.93. The molecule has 1 aromatic heterocycles. The summed E-state index contributed by atoms with van der Waals surface area (Å²) in [6, 6.07) is 11.1. The van der Waals surface area contributed by atoms with Gasteiger partial charge in [-0.1, -0.05) is 6.07 Å². The number of nitrogens with one attached hydrogen (secondary N) is 1. The van der Waals surface area contributed by atoms with Crippen molar-refractivity contribution in [2.24, 2.45) is 0 Å². The third-order valence-electron chi connectivity index (χ3n) is 2.85. The summed E-state index contributed by atoms with van der Waals surface area (Å²) >= 11 is 0. The summed E-state index contributed by atoms with van der Waals surface area (Å²) in [7, 11) is 0. The highest BCUT2D eigenvalue weighted by Crippen LogP contribution is 2.25. The standard InChI is InChI=1S/C14H12N2O2/c1-9-3-2-4-13(16-9)18-11-5-6-12-10(7-11)8-15-14(12)17/h2-7H,8H2,1H3,(H,15,17). The van der Waals surface area contributed by atoms with Crippen LogP contribution in [0.4, 0.5) is 0 Å². The Labute approximate surface area is 105 Å². The van der Waals surface area contributed by atoms with Crippen molar-refractivity contribution >= 4 is 5.91 Å². The van der Waals surface area contributed by atoms with Crippen LogP contribution in [0.5, 0.6) is 11.6 Å². The van der Waals surface area contributed by atoms with Crippen molar-refractivity contribution in [1.82, 2.24) is 10.3 Å². The fraction of sp³-hybridized carbons (Fsp3) is 0.143. The molecule has 2 aromatic rings. The number of amides is 1. The van der Waals surface area contributed by atoms with E-state index in [9.17, 15) is 4.79 Å². The fourth-order valence-corrected chi connectivity index (χ4v) is 1.97. The molecule has 1 aliphatic heterocycles. The molecule has 18 heavy (non-hydrogen) atoms. The Morgan fingerprint density at radius 1 is 1.28 bits per heavy atom. The Kier molecular flexibility index (Phi) is 2.48. The van der Waals surface area contributed by atoms with Crippen LogP contribution in [0.15, 0.2) is 36.4 Å². The summed E-state index contributed by atoms with van der Waals surface area (Å²) in [5, 5.41) is 2.78. The Morgan fingerprint density at radius 2 is 2.17 bits per heavy atom. The predicted molar refractivity (Wildman–Crippen MR) is 66.7 cm³/mol. The number of rotatable bonds is 2. The van der Waals surface area contributed by atoms with E-state index in [4.69, 9.17) is 4.74 Å². The maximum atomic E-state index is 11.4. The van der Waals surface area contributed by atoms with Crippen LogP contribution in [-0.4, -0.2) is 10.9 Å². The van der Waals surface area contributed by atoms with Crippen molar-refractivity contribution in [3.8, 4) is 11.6 Å². The smallest absolute Gasteiger partial charge is 0.251 e. The SMILES string of the molecule is Cc1cccc(Oc2ccc3c(c2)CNC3=O)n1. The van der Waals surface area contributed by atoms with Gasteiger partial charge in [0.1, 0.15) is 5.75 Å². The van der Waals surface area contributed by atoms with Crippen LogP contribution in [0, 0.1) is 6.92 Å². The normalized spacial score (nSPS) is 13.1. The molecular formula is C14H12N2O2. The molecule has 2 heterocycles. The first-order chi connectivity index (χ1) is 8.72. The summed E-state index contributed by atoms with van der Waals surface area (Å²) < 4.78 is 5.67. The molecule has 0 bridgehead atoms. The molecule has 0 saturated heterocycles. The van der Waals surface area contributed by atoms with Crippen LogP contribution in [0.2, 0.25) is 0 Å². The van der Waals surface area contributed by atoms with Crippen molar-refractivity contribution in [2.75, 3.05) is 0 Å². The topological polar surface area (TPSA) is 51.2 Å². The lowest BCUT2D eigenvalue weighted by Crippen LogP contribution is -2.12. The molecule has 0 fully saturated rings.